The molecule has 1 aromatic carbocycles. The Morgan fingerprint density at radius 1 is 1.03 bits per heavy atom. The van der Waals surface area contributed by atoms with E-state index in [1.165, 1.54) is 5.56 Å². The van der Waals surface area contributed by atoms with Crippen LogP contribution in [0, 0.1) is 13.8 Å². The molecule has 1 N–H and O–H groups in total. The van der Waals surface area contributed by atoms with Crippen LogP contribution in [0.4, 0.5) is 11.6 Å². The average Bonchev–Trinajstić information content (AvgIpc) is 3.10. The van der Waals surface area contributed by atoms with Crippen LogP contribution in [-0.4, -0.2) is 52.2 Å². The maximum absolute atomic E-state index is 12.6. The van der Waals surface area contributed by atoms with Crippen LogP contribution >= 0.6 is 0 Å². The number of carbonyl (C=O) groups excluding carboxylic acids is 1. The maximum atomic E-state index is 12.6. The number of nitrogens with zero attached hydrogens (tertiary/aromatic N) is 5. The smallest absolute Gasteiger partial charge is 0.226 e. The molecule has 4 heterocycles. The van der Waals surface area contributed by atoms with E-state index in [4.69, 9.17) is 9.84 Å². The van der Waals surface area contributed by atoms with Gasteiger partial charge in [0.25, 0.3) is 0 Å². The Labute approximate surface area is 174 Å². The van der Waals surface area contributed by atoms with E-state index < -0.39 is 0 Å². The maximum Gasteiger partial charge on any atom is 0.226 e. The number of benzene rings is 1. The quantitative estimate of drug-likeness (QED) is 0.722. The zero-order chi connectivity index (χ0) is 20.7. The highest BCUT2D eigenvalue weighted by atomic mass is 16.5. The molecule has 2 aliphatic heterocycles. The number of amides is 1. The van der Waals surface area contributed by atoms with Gasteiger partial charge in [-0.25, -0.2) is 0 Å². The number of hydrogen-bond donors (Lipinski definition) is 1. The van der Waals surface area contributed by atoms with Crippen molar-refractivity contribution in [2.75, 3.05) is 36.5 Å². The van der Waals surface area contributed by atoms with Crippen LogP contribution in [0.2, 0.25) is 0 Å². The summed E-state index contributed by atoms with van der Waals surface area (Å²) in [5, 5.41) is 16.5. The molecule has 0 saturated carbocycles. The molecule has 30 heavy (non-hydrogen) atoms. The van der Waals surface area contributed by atoms with E-state index in [-0.39, 0.29) is 11.8 Å². The molecular formula is C22H24N6O2. The second kappa shape index (κ2) is 7.53. The van der Waals surface area contributed by atoms with Gasteiger partial charge in [0.1, 0.15) is 5.82 Å². The molecule has 0 unspecified atom stereocenters. The molecular weight excluding hydrogens is 380 g/mol. The standard InChI is InChI=1S/C22H24N6O2/c1-14-5-3-4-6-16(14)17-13-20(29)23-22-21(17)15(2)26-28(22)19-8-7-18(24-25-19)27-9-11-30-12-10-27/h3-8,17H,9-13H2,1-2H3,(H,23,29)/t17-/m0/s1. The highest BCUT2D eigenvalue weighted by Gasteiger charge is 2.33. The molecule has 2 aliphatic rings. The summed E-state index contributed by atoms with van der Waals surface area (Å²) in [6.07, 6.45) is 0.409. The fraction of sp³-hybridized carbons (Fsp3) is 0.364. The highest BCUT2D eigenvalue weighted by molar-refractivity contribution is 5.95. The minimum Gasteiger partial charge on any atom is -0.378 e. The number of rotatable bonds is 3. The molecule has 1 saturated heterocycles. The van der Waals surface area contributed by atoms with Gasteiger partial charge in [0.2, 0.25) is 5.91 Å². The number of fused-ring (bicyclic) bond motifs is 1. The third-order valence-electron chi connectivity index (χ3n) is 5.85. The van der Waals surface area contributed by atoms with Crippen LogP contribution in [0.1, 0.15) is 34.7 Å². The molecule has 0 bridgehead atoms. The van der Waals surface area contributed by atoms with Gasteiger partial charge in [-0.15, -0.1) is 10.2 Å². The zero-order valence-electron chi connectivity index (χ0n) is 17.1. The first-order chi connectivity index (χ1) is 14.6. The van der Waals surface area contributed by atoms with Gasteiger partial charge in [0.05, 0.1) is 18.9 Å². The van der Waals surface area contributed by atoms with E-state index in [2.05, 4.69) is 39.5 Å². The molecule has 2 aromatic heterocycles. The Morgan fingerprint density at radius 2 is 1.77 bits per heavy atom. The van der Waals surface area contributed by atoms with Crippen LogP contribution in [0.15, 0.2) is 36.4 Å². The Hall–Kier alpha value is -3.26. The summed E-state index contributed by atoms with van der Waals surface area (Å²) in [6.45, 7) is 7.06. The van der Waals surface area contributed by atoms with E-state index in [1.54, 1.807) is 4.68 Å². The second-order valence-corrected chi connectivity index (χ2v) is 7.77. The van der Waals surface area contributed by atoms with Gasteiger partial charge in [-0.1, -0.05) is 24.3 Å². The van der Waals surface area contributed by atoms with Crippen molar-refractivity contribution < 1.29 is 9.53 Å². The van der Waals surface area contributed by atoms with E-state index in [0.717, 1.165) is 35.7 Å². The first-order valence-electron chi connectivity index (χ1n) is 10.2. The minimum atomic E-state index is -0.0238. The van der Waals surface area contributed by atoms with Gasteiger partial charge in [-0.3, -0.25) is 4.79 Å². The second-order valence-electron chi connectivity index (χ2n) is 7.77. The van der Waals surface area contributed by atoms with Gasteiger partial charge in [-0.05, 0) is 37.1 Å². The predicted molar refractivity (Wildman–Crippen MR) is 113 cm³/mol. The Morgan fingerprint density at radius 3 is 2.50 bits per heavy atom. The summed E-state index contributed by atoms with van der Waals surface area (Å²) in [7, 11) is 0. The van der Waals surface area contributed by atoms with Gasteiger partial charge < -0.3 is 15.0 Å². The van der Waals surface area contributed by atoms with Crippen molar-refractivity contribution in [2.45, 2.75) is 26.2 Å². The van der Waals surface area contributed by atoms with Gasteiger partial charge in [0.15, 0.2) is 11.6 Å². The van der Waals surface area contributed by atoms with Crippen molar-refractivity contribution >= 4 is 17.5 Å². The lowest BCUT2D eigenvalue weighted by molar-refractivity contribution is -0.116. The van der Waals surface area contributed by atoms with Crippen molar-refractivity contribution in [1.29, 1.82) is 0 Å². The molecule has 0 aliphatic carbocycles. The fourth-order valence-electron chi connectivity index (χ4n) is 4.35. The van der Waals surface area contributed by atoms with E-state index in [1.807, 2.05) is 31.2 Å². The number of aromatic nitrogens is 4. The van der Waals surface area contributed by atoms with Crippen molar-refractivity contribution in [1.82, 2.24) is 20.0 Å². The highest BCUT2D eigenvalue weighted by Crippen LogP contribution is 2.40. The Balaban J connectivity index is 1.53. The summed E-state index contributed by atoms with van der Waals surface area (Å²) < 4.78 is 7.10. The summed E-state index contributed by atoms with van der Waals surface area (Å²) in [5.41, 5.74) is 4.26. The summed E-state index contributed by atoms with van der Waals surface area (Å²) in [5.74, 6) is 2.05. The zero-order valence-corrected chi connectivity index (χ0v) is 17.1. The van der Waals surface area contributed by atoms with Gasteiger partial charge in [-0.2, -0.15) is 9.78 Å². The molecule has 8 heteroatoms. The fourth-order valence-corrected chi connectivity index (χ4v) is 4.35. The Kier molecular flexibility index (Phi) is 4.71. The van der Waals surface area contributed by atoms with Crippen molar-refractivity contribution in [3.05, 3.63) is 58.8 Å². The largest absolute Gasteiger partial charge is 0.378 e. The lowest BCUT2D eigenvalue weighted by Gasteiger charge is -2.27. The molecule has 5 rings (SSSR count). The predicted octanol–water partition coefficient (Wildman–Crippen LogP) is 2.59. The number of anilines is 2. The molecule has 1 atom stereocenters. The van der Waals surface area contributed by atoms with E-state index >= 15 is 0 Å². The van der Waals surface area contributed by atoms with E-state index in [9.17, 15) is 4.79 Å². The summed E-state index contributed by atoms with van der Waals surface area (Å²) in [4.78, 5) is 14.7. The number of morpholine rings is 1. The van der Waals surface area contributed by atoms with Crippen molar-refractivity contribution in [3.63, 3.8) is 0 Å². The van der Waals surface area contributed by atoms with Crippen LogP contribution in [-0.2, 0) is 9.53 Å². The lowest BCUT2D eigenvalue weighted by atomic mass is 9.84. The number of nitrogens with one attached hydrogen (secondary N) is 1. The number of carbonyl (C=O) groups is 1. The first kappa shape index (κ1) is 18.7. The van der Waals surface area contributed by atoms with Crippen molar-refractivity contribution in [3.8, 4) is 5.82 Å². The van der Waals surface area contributed by atoms with Gasteiger partial charge in [0, 0.05) is 31.0 Å². The van der Waals surface area contributed by atoms with Crippen LogP contribution < -0.4 is 10.2 Å². The third-order valence-corrected chi connectivity index (χ3v) is 5.85. The molecule has 0 spiro atoms. The van der Waals surface area contributed by atoms with Crippen LogP contribution in [0.25, 0.3) is 5.82 Å². The topological polar surface area (TPSA) is 85.2 Å². The molecule has 8 nitrogen and oxygen atoms in total. The first-order valence-corrected chi connectivity index (χ1v) is 10.2. The molecule has 1 fully saturated rings. The van der Waals surface area contributed by atoms with Crippen LogP contribution in [0.3, 0.4) is 0 Å². The molecule has 0 radical (unpaired) electrons. The third kappa shape index (κ3) is 3.23. The van der Waals surface area contributed by atoms with Crippen molar-refractivity contribution in [2.24, 2.45) is 0 Å². The average molecular weight is 404 g/mol. The number of ether oxygens (including phenoxy) is 1. The molecule has 1 amide bonds. The normalized spacial score (nSPS) is 18.8. The summed E-state index contributed by atoms with van der Waals surface area (Å²) in [6, 6.07) is 12.1. The summed E-state index contributed by atoms with van der Waals surface area (Å²) >= 11 is 0. The molecule has 3 aromatic rings. The van der Waals surface area contributed by atoms with Crippen LogP contribution in [0.5, 0.6) is 0 Å². The number of aryl methyl sites for hydroxylation is 2. The van der Waals surface area contributed by atoms with E-state index in [0.29, 0.717) is 31.3 Å². The van der Waals surface area contributed by atoms with Gasteiger partial charge >= 0.3 is 0 Å². The number of hydrogen-bond acceptors (Lipinski definition) is 6. The minimum absolute atomic E-state index is 0.0187. The lowest BCUT2D eigenvalue weighted by Crippen LogP contribution is -2.36. The Bertz CT molecular complexity index is 1090. The molecule has 154 valence electrons. The monoisotopic (exact) mass is 404 g/mol. The SMILES string of the molecule is Cc1ccccc1[C@@H]1CC(=O)Nc2c1c(C)nn2-c1ccc(N2CCOCC2)nn1.